The van der Waals surface area contributed by atoms with Crippen molar-refractivity contribution in [1.29, 1.82) is 0 Å². The smallest absolute Gasteiger partial charge is 0.290 e. The maximum atomic E-state index is 13.1. The average Bonchev–Trinajstić information content (AvgIpc) is 3.00. The monoisotopic (exact) mass is 449 g/mol. The Morgan fingerprint density at radius 3 is 2.28 bits per heavy atom. The van der Waals surface area contributed by atoms with Gasteiger partial charge >= 0.3 is 0 Å². The SMILES string of the molecule is COc1ccc(C2=C(O)C(=O)N(Cc3ccccc3)[C@H]2c2ccccc2Br)cc1. The molecule has 0 aliphatic carbocycles. The molecule has 4 rings (SSSR count). The lowest BCUT2D eigenvalue weighted by atomic mass is 9.93. The highest BCUT2D eigenvalue weighted by atomic mass is 79.9. The molecule has 29 heavy (non-hydrogen) atoms. The van der Waals surface area contributed by atoms with E-state index in [1.165, 1.54) is 0 Å². The van der Waals surface area contributed by atoms with Gasteiger partial charge in [0.2, 0.25) is 0 Å². The van der Waals surface area contributed by atoms with E-state index in [1.807, 2.05) is 78.9 Å². The summed E-state index contributed by atoms with van der Waals surface area (Å²) in [6.07, 6.45) is 0. The van der Waals surface area contributed by atoms with Crippen molar-refractivity contribution in [3.05, 3.63) is 106 Å². The molecule has 0 fully saturated rings. The van der Waals surface area contributed by atoms with Gasteiger partial charge in [-0.25, -0.2) is 0 Å². The van der Waals surface area contributed by atoms with Crippen LogP contribution in [0.3, 0.4) is 0 Å². The molecule has 0 radical (unpaired) electrons. The fraction of sp³-hybridized carbons (Fsp3) is 0.125. The second-order valence-corrected chi connectivity index (χ2v) is 7.69. The number of carbonyl (C=O) groups excluding carboxylic acids is 1. The second-order valence-electron chi connectivity index (χ2n) is 6.83. The molecule has 1 aliphatic rings. The summed E-state index contributed by atoms with van der Waals surface area (Å²) in [6, 6.07) is 24.6. The van der Waals surface area contributed by atoms with Gasteiger partial charge in [0.25, 0.3) is 5.91 Å². The Morgan fingerprint density at radius 1 is 0.966 bits per heavy atom. The van der Waals surface area contributed by atoms with Crippen LogP contribution < -0.4 is 4.74 Å². The van der Waals surface area contributed by atoms with Gasteiger partial charge in [-0.15, -0.1) is 0 Å². The average molecular weight is 450 g/mol. The largest absolute Gasteiger partial charge is 0.503 e. The molecule has 0 unspecified atom stereocenters. The molecule has 1 N–H and O–H groups in total. The number of nitrogens with zero attached hydrogens (tertiary/aromatic N) is 1. The molecule has 1 heterocycles. The molecule has 4 nitrogen and oxygen atoms in total. The van der Waals surface area contributed by atoms with E-state index in [4.69, 9.17) is 4.74 Å². The molecule has 0 spiro atoms. The minimum atomic E-state index is -0.410. The van der Waals surface area contributed by atoms with E-state index >= 15 is 0 Å². The van der Waals surface area contributed by atoms with Crippen LogP contribution in [0.1, 0.15) is 22.7 Å². The number of ether oxygens (including phenoxy) is 1. The van der Waals surface area contributed by atoms with Crippen molar-refractivity contribution in [2.24, 2.45) is 0 Å². The van der Waals surface area contributed by atoms with Gasteiger partial charge in [-0.3, -0.25) is 4.79 Å². The summed E-state index contributed by atoms with van der Waals surface area (Å²) >= 11 is 3.62. The molecular weight excluding hydrogens is 430 g/mol. The fourth-order valence-corrected chi connectivity index (χ4v) is 4.18. The zero-order valence-corrected chi connectivity index (χ0v) is 17.5. The van der Waals surface area contributed by atoms with Crippen LogP contribution >= 0.6 is 15.9 Å². The predicted octanol–water partition coefficient (Wildman–Crippen LogP) is 5.51. The predicted molar refractivity (Wildman–Crippen MR) is 116 cm³/mol. The van der Waals surface area contributed by atoms with Gasteiger partial charge in [0.05, 0.1) is 13.2 Å². The highest BCUT2D eigenvalue weighted by Crippen LogP contribution is 2.45. The summed E-state index contributed by atoms with van der Waals surface area (Å²) in [6.45, 7) is 0.398. The third-order valence-corrected chi connectivity index (χ3v) is 5.82. The van der Waals surface area contributed by atoms with Crippen molar-refractivity contribution in [3.63, 3.8) is 0 Å². The van der Waals surface area contributed by atoms with E-state index in [9.17, 15) is 9.90 Å². The molecule has 3 aromatic rings. The van der Waals surface area contributed by atoms with Crippen molar-refractivity contribution >= 4 is 27.4 Å². The number of benzene rings is 3. The van der Waals surface area contributed by atoms with Gasteiger partial charge in [0.15, 0.2) is 5.76 Å². The highest BCUT2D eigenvalue weighted by Gasteiger charge is 2.41. The minimum Gasteiger partial charge on any atom is -0.503 e. The van der Waals surface area contributed by atoms with E-state index in [2.05, 4.69) is 15.9 Å². The molecule has 0 aromatic heterocycles. The van der Waals surface area contributed by atoms with Crippen LogP contribution in [-0.2, 0) is 11.3 Å². The van der Waals surface area contributed by atoms with Crippen LogP contribution in [0.15, 0.2) is 89.1 Å². The third-order valence-electron chi connectivity index (χ3n) is 5.10. The lowest BCUT2D eigenvalue weighted by molar-refractivity contribution is -0.130. The van der Waals surface area contributed by atoms with E-state index in [0.29, 0.717) is 12.1 Å². The first kappa shape index (κ1) is 19.3. The maximum Gasteiger partial charge on any atom is 0.290 e. The van der Waals surface area contributed by atoms with Gasteiger partial charge in [0, 0.05) is 16.6 Å². The van der Waals surface area contributed by atoms with Crippen molar-refractivity contribution in [2.45, 2.75) is 12.6 Å². The zero-order valence-electron chi connectivity index (χ0n) is 15.9. The summed E-state index contributed by atoms with van der Waals surface area (Å²) in [4.78, 5) is 14.8. The summed E-state index contributed by atoms with van der Waals surface area (Å²) in [7, 11) is 1.61. The maximum absolute atomic E-state index is 13.1. The molecule has 1 amide bonds. The molecule has 5 heteroatoms. The van der Waals surface area contributed by atoms with Gasteiger partial charge < -0.3 is 14.7 Å². The van der Waals surface area contributed by atoms with Crippen molar-refractivity contribution in [2.75, 3.05) is 7.11 Å². The number of hydrogen-bond donors (Lipinski definition) is 1. The molecular formula is C24H20BrNO3. The molecule has 146 valence electrons. The van der Waals surface area contributed by atoms with Gasteiger partial charge in [-0.05, 0) is 34.9 Å². The Bertz CT molecular complexity index is 1060. The van der Waals surface area contributed by atoms with Gasteiger partial charge in [-0.1, -0.05) is 76.6 Å². The van der Waals surface area contributed by atoms with E-state index in [-0.39, 0.29) is 11.7 Å². The number of rotatable bonds is 5. The first-order valence-corrected chi connectivity index (χ1v) is 10.1. The quantitative estimate of drug-likeness (QED) is 0.558. The van der Waals surface area contributed by atoms with Crippen LogP contribution in [0, 0.1) is 0 Å². The highest BCUT2D eigenvalue weighted by molar-refractivity contribution is 9.10. The van der Waals surface area contributed by atoms with Gasteiger partial charge in [-0.2, -0.15) is 0 Å². The first-order valence-electron chi connectivity index (χ1n) is 9.27. The van der Waals surface area contributed by atoms with Crippen LogP contribution in [-0.4, -0.2) is 23.0 Å². The molecule has 1 atom stereocenters. The van der Waals surface area contributed by atoms with Crippen LogP contribution in [0.4, 0.5) is 0 Å². The molecule has 1 aliphatic heterocycles. The van der Waals surface area contributed by atoms with Crippen LogP contribution in [0.5, 0.6) is 5.75 Å². The fourth-order valence-electron chi connectivity index (χ4n) is 3.68. The molecule has 0 bridgehead atoms. The Balaban J connectivity index is 1.83. The number of methoxy groups -OCH3 is 1. The van der Waals surface area contributed by atoms with E-state index < -0.39 is 6.04 Å². The standard InChI is InChI=1S/C24H20BrNO3/c1-29-18-13-11-17(12-14-18)21-22(19-9-5-6-10-20(19)25)26(24(28)23(21)27)15-16-7-3-2-4-8-16/h2-14,22,27H,15H2,1H3/t22-/m0/s1. The Morgan fingerprint density at radius 2 is 1.62 bits per heavy atom. The number of aliphatic hydroxyl groups is 1. The topological polar surface area (TPSA) is 49.8 Å². The lowest BCUT2D eigenvalue weighted by Crippen LogP contribution is -2.30. The van der Waals surface area contributed by atoms with Crippen molar-refractivity contribution in [1.82, 2.24) is 4.90 Å². The number of amides is 1. The van der Waals surface area contributed by atoms with Crippen LogP contribution in [0.25, 0.3) is 5.57 Å². The number of aliphatic hydroxyl groups excluding tert-OH is 1. The van der Waals surface area contributed by atoms with Crippen molar-refractivity contribution < 1.29 is 14.6 Å². The first-order chi connectivity index (χ1) is 14.1. The lowest BCUT2D eigenvalue weighted by Gasteiger charge is -2.28. The Hall–Kier alpha value is -3.05. The minimum absolute atomic E-state index is 0.216. The van der Waals surface area contributed by atoms with Gasteiger partial charge in [0.1, 0.15) is 5.75 Å². The van der Waals surface area contributed by atoms with Crippen molar-refractivity contribution in [3.8, 4) is 5.75 Å². The molecule has 0 saturated carbocycles. The number of halogens is 1. The normalized spacial score (nSPS) is 16.4. The Labute approximate surface area is 178 Å². The Kier molecular flexibility index (Phi) is 5.41. The third kappa shape index (κ3) is 3.66. The molecule has 0 saturated heterocycles. The van der Waals surface area contributed by atoms with Crippen LogP contribution in [0.2, 0.25) is 0 Å². The number of carbonyl (C=O) groups is 1. The number of hydrogen-bond acceptors (Lipinski definition) is 3. The van der Waals surface area contributed by atoms with E-state index in [1.54, 1.807) is 12.0 Å². The summed E-state index contributed by atoms with van der Waals surface area (Å²) in [5, 5.41) is 10.9. The summed E-state index contributed by atoms with van der Waals surface area (Å²) < 4.78 is 6.13. The zero-order chi connectivity index (χ0) is 20.4. The summed E-state index contributed by atoms with van der Waals surface area (Å²) in [5.41, 5.74) is 3.31. The van der Waals surface area contributed by atoms with E-state index in [0.717, 1.165) is 26.9 Å². The summed E-state index contributed by atoms with van der Waals surface area (Å²) in [5.74, 6) is 0.129. The molecule has 3 aromatic carbocycles. The second kappa shape index (κ2) is 8.13.